The number of aromatic nitrogens is 3. The molecule has 0 spiro atoms. The Balaban J connectivity index is 1.79. The zero-order valence-corrected chi connectivity index (χ0v) is 15.7. The van der Waals surface area contributed by atoms with Crippen molar-refractivity contribution in [3.8, 4) is 17.3 Å². The summed E-state index contributed by atoms with van der Waals surface area (Å²) >= 11 is 5.97. The van der Waals surface area contributed by atoms with Gasteiger partial charge in [-0.05, 0) is 48.0 Å². The Morgan fingerprint density at radius 1 is 1.14 bits per heavy atom. The normalized spacial score (nSPS) is 11.5. The van der Waals surface area contributed by atoms with Crippen LogP contribution >= 0.6 is 11.6 Å². The molecule has 5 nitrogen and oxygen atoms in total. The van der Waals surface area contributed by atoms with E-state index in [9.17, 15) is 10.1 Å². The van der Waals surface area contributed by atoms with Crippen molar-refractivity contribution in [1.82, 2.24) is 14.5 Å². The minimum Gasteiger partial charge on any atom is -0.344 e. The highest BCUT2D eigenvalue weighted by Gasteiger charge is 2.11. The number of halogens is 1. The predicted molar refractivity (Wildman–Crippen MR) is 112 cm³/mol. The van der Waals surface area contributed by atoms with Crippen LogP contribution in [0.4, 0.5) is 0 Å². The number of para-hydroxylation sites is 1. The number of aromatic amines is 1. The fraction of sp³-hybridized carbons (Fsp3) is 0.0455. The van der Waals surface area contributed by atoms with Crippen LogP contribution in [-0.2, 0) is 7.05 Å². The van der Waals surface area contributed by atoms with Crippen molar-refractivity contribution < 1.29 is 0 Å². The van der Waals surface area contributed by atoms with E-state index >= 15 is 0 Å². The zero-order valence-electron chi connectivity index (χ0n) is 15.0. The molecule has 0 atom stereocenters. The Morgan fingerprint density at radius 3 is 2.64 bits per heavy atom. The summed E-state index contributed by atoms with van der Waals surface area (Å²) in [6.45, 7) is 0. The Hall–Kier alpha value is -3.62. The maximum absolute atomic E-state index is 12.3. The first kappa shape index (κ1) is 17.8. The molecule has 2 aromatic heterocycles. The number of H-pyrrole nitrogens is 1. The molecule has 0 aliphatic heterocycles. The van der Waals surface area contributed by atoms with Crippen molar-refractivity contribution >= 4 is 34.2 Å². The van der Waals surface area contributed by atoms with Crippen LogP contribution in [0.1, 0.15) is 11.5 Å². The van der Waals surface area contributed by atoms with Gasteiger partial charge in [-0.25, -0.2) is 4.98 Å². The van der Waals surface area contributed by atoms with Gasteiger partial charge in [-0.2, -0.15) is 5.26 Å². The first-order chi connectivity index (χ1) is 13.6. The second-order valence-electron chi connectivity index (χ2n) is 6.31. The third-order valence-corrected chi connectivity index (χ3v) is 4.83. The van der Waals surface area contributed by atoms with E-state index in [1.54, 1.807) is 24.3 Å². The molecule has 28 heavy (non-hydrogen) atoms. The van der Waals surface area contributed by atoms with Crippen LogP contribution < -0.4 is 5.56 Å². The van der Waals surface area contributed by atoms with Crippen LogP contribution in [-0.4, -0.2) is 14.5 Å². The van der Waals surface area contributed by atoms with Gasteiger partial charge in [-0.1, -0.05) is 35.9 Å². The lowest BCUT2D eigenvalue weighted by molar-refractivity contribution is 0.924. The van der Waals surface area contributed by atoms with Crippen molar-refractivity contribution in [2.75, 3.05) is 0 Å². The largest absolute Gasteiger partial charge is 0.344 e. The van der Waals surface area contributed by atoms with Crippen LogP contribution in [0.5, 0.6) is 0 Å². The average Bonchev–Trinajstić information content (AvgIpc) is 3.07. The van der Waals surface area contributed by atoms with E-state index in [1.165, 1.54) is 0 Å². The lowest BCUT2D eigenvalue weighted by Crippen LogP contribution is -2.11. The van der Waals surface area contributed by atoms with Crippen LogP contribution in [0.2, 0.25) is 5.02 Å². The number of nitrogens with zero attached hydrogens (tertiary/aromatic N) is 3. The number of fused-ring (bicyclic) bond motifs is 1. The molecule has 0 bridgehead atoms. The first-order valence-electron chi connectivity index (χ1n) is 8.60. The van der Waals surface area contributed by atoms with E-state index in [0.29, 0.717) is 15.9 Å². The number of allylic oxidation sites excluding steroid dienone is 1. The summed E-state index contributed by atoms with van der Waals surface area (Å²) in [6.07, 6.45) is 1.71. The fourth-order valence-corrected chi connectivity index (χ4v) is 3.22. The molecule has 0 unspecified atom stereocenters. The standard InChI is InChI=1S/C22H15ClN4O/c1-27-17(10-11-20(27)14-6-8-16(23)9-7-14)12-15(13-24)21-25-19-5-3-2-4-18(19)22(28)26-21/h2-12H,1H3,(H,25,26,28)/b15-12+. The number of nitrogens with one attached hydrogen (secondary N) is 1. The molecular weight excluding hydrogens is 372 g/mol. The molecule has 2 heterocycles. The van der Waals surface area contributed by atoms with Crippen LogP contribution in [0.15, 0.2) is 65.5 Å². The molecular formula is C22H15ClN4O. The Bertz CT molecular complexity index is 1310. The maximum Gasteiger partial charge on any atom is 0.259 e. The van der Waals surface area contributed by atoms with Gasteiger partial charge in [0.2, 0.25) is 0 Å². The third-order valence-electron chi connectivity index (χ3n) is 4.58. The smallest absolute Gasteiger partial charge is 0.259 e. The molecule has 0 saturated heterocycles. The van der Waals surface area contributed by atoms with Crippen molar-refractivity contribution in [2.45, 2.75) is 0 Å². The lowest BCUT2D eigenvalue weighted by Gasteiger charge is -2.07. The van der Waals surface area contributed by atoms with Gasteiger partial charge in [0.15, 0.2) is 5.82 Å². The number of nitriles is 1. The molecule has 0 saturated carbocycles. The maximum atomic E-state index is 12.3. The van der Waals surface area contributed by atoms with Gasteiger partial charge in [-0.15, -0.1) is 0 Å². The van der Waals surface area contributed by atoms with Gasteiger partial charge in [-0.3, -0.25) is 4.79 Å². The molecule has 4 rings (SSSR count). The monoisotopic (exact) mass is 386 g/mol. The highest BCUT2D eigenvalue weighted by Crippen LogP contribution is 2.25. The molecule has 0 fully saturated rings. The fourth-order valence-electron chi connectivity index (χ4n) is 3.10. The molecule has 2 aromatic carbocycles. The summed E-state index contributed by atoms with van der Waals surface area (Å²) in [7, 11) is 1.92. The van der Waals surface area contributed by atoms with E-state index in [1.807, 2.05) is 54.1 Å². The van der Waals surface area contributed by atoms with Crippen molar-refractivity contribution in [3.63, 3.8) is 0 Å². The topological polar surface area (TPSA) is 74.5 Å². The molecule has 0 aliphatic carbocycles. The predicted octanol–water partition coefficient (Wildman–Crippen LogP) is 4.65. The Morgan fingerprint density at radius 2 is 1.89 bits per heavy atom. The van der Waals surface area contributed by atoms with E-state index in [4.69, 9.17) is 11.6 Å². The number of hydrogen-bond acceptors (Lipinski definition) is 3. The molecule has 1 N–H and O–H groups in total. The minimum atomic E-state index is -0.268. The van der Waals surface area contributed by atoms with Crippen molar-refractivity contribution in [2.24, 2.45) is 7.05 Å². The summed E-state index contributed by atoms with van der Waals surface area (Å²) in [5.41, 5.74) is 3.39. The third kappa shape index (κ3) is 3.22. The number of rotatable bonds is 3. The van der Waals surface area contributed by atoms with Gasteiger partial charge in [0.05, 0.1) is 16.5 Å². The summed E-state index contributed by atoms with van der Waals surface area (Å²) in [6, 6.07) is 20.6. The van der Waals surface area contributed by atoms with Crippen LogP contribution in [0.3, 0.4) is 0 Å². The van der Waals surface area contributed by atoms with E-state index in [-0.39, 0.29) is 17.0 Å². The summed E-state index contributed by atoms with van der Waals surface area (Å²) in [5, 5.41) is 10.8. The minimum absolute atomic E-state index is 0.250. The highest BCUT2D eigenvalue weighted by molar-refractivity contribution is 6.30. The number of hydrogen-bond donors (Lipinski definition) is 1. The van der Waals surface area contributed by atoms with Gasteiger partial charge >= 0.3 is 0 Å². The molecule has 0 aliphatic rings. The number of benzene rings is 2. The SMILES string of the molecule is Cn1c(/C=C(\C#N)c2nc3ccccc3c(=O)[nH]2)ccc1-c1ccc(Cl)cc1. The average molecular weight is 387 g/mol. The van der Waals surface area contributed by atoms with Gasteiger partial charge in [0.1, 0.15) is 6.07 Å². The summed E-state index contributed by atoms with van der Waals surface area (Å²) in [4.78, 5) is 19.4. The summed E-state index contributed by atoms with van der Waals surface area (Å²) in [5.74, 6) is 0.250. The molecule has 4 aromatic rings. The molecule has 0 radical (unpaired) electrons. The molecule has 6 heteroatoms. The second-order valence-corrected chi connectivity index (χ2v) is 6.75. The van der Waals surface area contributed by atoms with Crippen molar-refractivity contribution in [3.05, 3.63) is 87.6 Å². The van der Waals surface area contributed by atoms with Crippen LogP contribution in [0.25, 0.3) is 33.8 Å². The highest BCUT2D eigenvalue weighted by atomic mass is 35.5. The molecule has 136 valence electrons. The van der Waals surface area contributed by atoms with E-state index < -0.39 is 0 Å². The van der Waals surface area contributed by atoms with Crippen LogP contribution in [0, 0.1) is 11.3 Å². The van der Waals surface area contributed by atoms with Crippen molar-refractivity contribution in [1.29, 1.82) is 5.26 Å². The zero-order chi connectivity index (χ0) is 19.7. The van der Waals surface area contributed by atoms with Gasteiger partial charge < -0.3 is 9.55 Å². The van der Waals surface area contributed by atoms with E-state index in [2.05, 4.69) is 16.0 Å². The Labute approximate surface area is 166 Å². The lowest BCUT2D eigenvalue weighted by atomic mass is 10.1. The Kier molecular flexibility index (Phi) is 4.56. The second kappa shape index (κ2) is 7.18. The van der Waals surface area contributed by atoms with Gasteiger partial charge in [0.25, 0.3) is 5.56 Å². The first-order valence-corrected chi connectivity index (χ1v) is 8.97. The summed E-state index contributed by atoms with van der Waals surface area (Å²) < 4.78 is 1.97. The molecule has 0 amide bonds. The van der Waals surface area contributed by atoms with E-state index in [0.717, 1.165) is 17.0 Å². The van der Waals surface area contributed by atoms with Gasteiger partial charge in [0, 0.05) is 23.5 Å². The quantitative estimate of drug-likeness (QED) is 0.521.